The molecule has 3 rings (SSSR count). The van der Waals surface area contributed by atoms with E-state index in [9.17, 15) is 14.0 Å². The fraction of sp³-hybridized carbons (Fsp3) is 0.188. The summed E-state index contributed by atoms with van der Waals surface area (Å²) in [6.07, 6.45) is 1.98. The number of nitrogens with one attached hydrogen (secondary N) is 1. The number of carbonyl (C=O) groups excluding carboxylic acids is 1. The van der Waals surface area contributed by atoms with Crippen molar-refractivity contribution in [1.29, 1.82) is 0 Å². The number of aromatic carboxylic acids is 1. The van der Waals surface area contributed by atoms with Gasteiger partial charge in [-0.2, -0.15) is 0 Å². The molecule has 2 aromatic rings. The summed E-state index contributed by atoms with van der Waals surface area (Å²) in [7, 11) is 0. The van der Waals surface area contributed by atoms with E-state index in [4.69, 9.17) is 10.8 Å². The van der Waals surface area contributed by atoms with Gasteiger partial charge >= 0.3 is 5.97 Å². The molecule has 1 aliphatic heterocycles. The predicted octanol–water partition coefficient (Wildman–Crippen LogP) is 1.77. The lowest BCUT2D eigenvalue weighted by Gasteiger charge is -2.12. The van der Waals surface area contributed by atoms with Crippen molar-refractivity contribution >= 4 is 17.7 Å². The first-order chi connectivity index (χ1) is 11.0. The van der Waals surface area contributed by atoms with Crippen molar-refractivity contribution in [3.05, 3.63) is 47.4 Å². The van der Waals surface area contributed by atoms with Gasteiger partial charge in [0.25, 0.3) is 0 Å². The highest BCUT2D eigenvalue weighted by atomic mass is 19.1. The Hall–Kier alpha value is -2.96. The van der Waals surface area contributed by atoms with Gasteiger partial charge < -0.3 is 16.2 Å². The Bertz CT molecular complexity index is 807. The van der Waals surface area contributed by atoms with Gasteiger partial charge in [0.2, 0.25) is 5.91 Å². The van der Waals surface area contributed by atoms with Crippen LogP contribution in [-0.4, -0.2) is 28.5 Å². The van der Waals surface area contributed by atoms with Gasteiger partial charge in [0.15, 0.2) is 0 Å². The molecule has 0 spiro atoms. The van der Waals surface area contributed by atoms with Crippen LogP contribution >= 0.6 is 0 Å². The van der Waals surface area contributed by atoms with Crippen LogP contribution in [0.5, 0.6) is 0 Å². The molecule has 1 aromatic carbocycles. The van der Waals surface area contributed by atoms with Gasteiger partial charge in [-0.1, -0.05) is 6.07 Å². The van der Waals surface area contributed by atoms with E-state index in [-0.39, 0.29) is 17.6 Å². The molecule has 1 fully saturated rings. The summed E-state index contributed by atoms with van der Waals surface area (Å²) in [6, 6.07) is 5.57. The number of nitrogens with zero attached hydrogens (tertiary/aromatic N) is 1. The Morgan fingerprint density at radius 3 is 2.78 bits per heavy atom. The third-order valence-corrected chi connectivity index (χ3v) is 3.90. The molecular weight excluding hydrogens is 301 g/mol. The molecule has 4 N–H and O–H groups in total. The molecule has 118 valence electrons. The number of rotatable bonds is 3. The lowest BCUT2D eigenvalue weighted by atomic mass is 9.96. The summed E-state index contributed by atoms with van der Waals surface area (Å²) in [4.78, 5) is 26.3. The molecule has 0 bridgehead atoms. The number of carboxylic acid groups (broad SMARTS) is 1. The molecular formula is C16H14FN3O3. The number of nitrogen functional groups attached to an aromatic ring is 1. The number of benzene rings is 1. The first-order valence-corrected chi connectivity index (χ1v) is 7.01. The smallest absolute Gasteiger partial charge is 0.338 e. The van der Waals surface area contributed by atoms with Gasteiger partial charge in [-0.25, -0.2) is 14.2 Å². The minimum atomic E-state index is -1.33. The van der Waals surface area contributed by atoms with Gasteiger partial charge in [0.1, 0.15) is 11.6 Å². The second-order valence-corrected chi connectivity index (χ2v) is 5.41. The van der Waals surface area contributed by atoms with Crippen LogP contribution < -0.4 is 11.1 Å². The van der Waals surface area contributed by atoms with Gasteiger partial charge in [0, 0.05) is 30.6 Å². The van der Waals surface area contributed by atoms with E-state index >= 15 is 0 Å². The van der Waals surface area contributed by atoms with Crippen molar-refractivity contribution in [2.24, 2.45) is 0 Å². The molecule has 0 aliphatic carbocycles. The second kappa shape index (κ2) is 5.68. The fourth-order valence-electron chi connectivity index (χ4n) is 2.64. The molecule has 23 heavy (non-hydrogen) atoms. The van der Waals surface area contributed by atoms with Crippen molar-refractivity contribution in [2.45, 2.75) is 12.3 Å². The number of carbonyl (C=O) groups is 2. The molecule has 1 atom stereocenters. The normalized spacial score (nSPS) is 17.1. The number of carboxylic acids is 1. The Kier molecular flexibility index (Phi) is 3.69. The highest BCUT2D eigenvalue weighted by Crippen LogP contribution is 2.31. The topological polar surface area (TPSA) is 105 Å². The van der Waals surface area contributed by atoms with Gasteiger partial charge in [-0.15, -0.1) is 0 Å². The number of nitrogens with two attached hydrogens (primary N) is 1. The SMILES string of the molecule is Nc1ncc([C@@H]2CNC(=O)C2)cc1-c1ccc(C(=O)O)c(F)c1. The average molecular weight is 315 g/mol. The third kappa shape index (κ3) is 2.85. The van der Waals surface area contributed by atoms with Crippen LogP contribution in [0.3, 0.4) is 0 Å². The maximum Gasteiger partial charge on any atom is 0.338 e. The number of hydrogen-bond acceptors (Lipinski definition) is 4. The summed E-state index contributed by atoms with van der Waals surface area (Å²) >= 11 is 0. The Labute approximate surface area is 131 Å². The van der Waals surface area contributed by atoms with Crippen LogP contribution in [0.1, 0.15) is 28.3 Å². The summed E-state index contributed by atoms with van der Waals surface area (Å²) < 4.78 is 13.9. The zero-order valence-corrected chi connectivity index (χ0v) is 12.0. The molecule has 7 heteroatoms. The summed E-state index contributed by atoms with van der Waals surface area (Å²) in [5.74, 6) is -1.97. The minimum absolute atomic E-state index is 0.00232. The van der Waals surface area contributed by atoms with E-state index in [0.29, 0.717) is 24.1 Å². The van der Waals surface area contributed by atoms with Crippen molar-refractivity contribution in [3.8, 4) is 11.1 Å². The van der Waals surface area contributed by atoms with E-state index in [1.807, 2.05) is 0 Å². The lowest BCUT2D eigenvalue weighted by Crippen LogP contribution is -2.13. The Balaban J connectivity index is 2.00. The molecule has 0 radical (unpaired) electrons. The summed E-state index contributed by atoms with van der Waals surface area (Å²) in [5, 5.41) is 11.6. The summed E-state index contributed by atoms with van der Waals surface area (Å²) in [6.45, 7) is 0.524. The highest BCUT2D eigenvalue weighted by molar-refractivity contribution is 5.89. The quantitative estimate of drug-likeness (QED) is 0.800. The predicted molar refractivity (Wildman–Crippen MR) is 81.4 cm³/mol. The zero-order valence-electron chi connectivity index (χ0n) is 12.0. The number of aromatic nitrogens is 1. The van der Waals surface area contributed by atoms with Gasteiger partial charge in [-0.05, 0) is 29.3 Å². The molecule has 1 aliphatic rings. The number of amides is 1. The van der Waals surface area contributed by atoms with E-state index in [1.54, 1.807) is 12.3 Å². The standard InChI is InChI=1S/C16H14FN3O3/c17-13-4-8(1-2-11(13)16(22)23)12-3-9(7-20-15(12)18)10-5-14(21)19-6-10/h1-4,7,10H,5-6H2,(H2,18,20)(H,19,21)(H,22,23)/t10-/m0/s1. The van der Waals surface area contributed by atoms with E-state index in [0.717, 1.165) is 11.6 Å². The lowest BCUT2D eigenvalue weighted by molar-refractivity contribution is -0.119. The molecule has 1 amide bonds. The second-order valence-electron chi connectivity index (χ2n) is 5.41. The van der Waals surface area contributed by atoms with Gasteiger partial charge in [0.05, 0.1) is 5.56 Å². The van der Waals surface area contributed by atoms with Crippen LogP contribution in [0, 0.1) is 5.82 Å². The maximum atomic E-state index is 13.9. The number of halogens is 1. The molecule has 1 saturated heterocycles. The van der Waals surface area contributed by atoms with Crippen LogP contribution in [0.25, 0.3) is 11.1 Å². The van der Waals surface area contributed by atoms with Crippen molar-refractivity contribution in [2.75, 3.05) is 12.3 Å². The van der Waals surface area contributed by atoms with Crippen LogP contribution in [-0.2, 0) is 4.79 Å². The first kappa shape index (κ1) is 15.0. The average Bonchev–Trinajstić information content (AvgIpc) is 2.94. The number of hydrogen-bond donors (Lipinski definition) is 3. The number of pyridine rings is 1. The number of anilines is 1. The van der Waals surface area contributed by atoms with Crippen LogP contribution in [0.15, 0.2) is 30.5 Å². The van der Waals surface area contributed by atoms with Crippen molar-refractivity contribution in [3.63, 3.8) is 0 Å². The molecule has 2 heterocycles. The summed E-state index contributed by atoms with van der Waals surface area (Å²) in [5.41, 5.74) is 7.24. The molecule has 6 nitrogen and oxygen atoms in total. The Morgan fingerprint density at radius 1 is 1.39 bits per heavy atom. The Morgan fingerprint density at radius 2 is 2.17 bits per heavy atom. The van der Waals surface area contributed by atoms with Crippen molar-refractivity contribution in [1.82, 2.24) is 10.3 Å². The fourth-order valence-corrected chi connectivity index (χ4v) is 2.64. The van der Waals surface area contributed by atoms with Crippen molar-refractivity contribution < 1.29 is 19.1 Å². The molecule has 0 saturated carbocycles. The zero-order chi connectivity index (χ0) is 16.6. The minimum Gasteiger partial charge on any atom is -0.478 e. The van der Waals surface area contributed by atoms with E-state index in [2.05, 4.69) is 10.3 Å². The maximum absolute atomic E-state index is 13.9. The van der Waals surface area contributed by atoms with E-state index in [1.165, 1.54) is 12.1 Å². The first-order valence-electron chi connectivity index (χ1n) is 7.01. The van der Waals surface area contributed by atoms with E-state index < -0.39 is 17.3 Å². The molecule has 0 unspecified atom stereocenters. The third-order valence-electron chi connectivity index (χ3n) is 3.90. The molecule has 1 aromatic heterocycles. The highest BCUT2D eigenvalue weighted by Gasteiger charge is 2.24. The monoisotopic (exact) mass is 315 g/mol. The van der Waals surface area contributed by atoms with Gasteiger partial charge in [-0.3, -0.25) is 4.79 Å². The van der Waals surface area contributed by atoms with Crippen LogP contribution in [0.4, 0.5) is 10.2 Å². The van der Waals surface area contributed by atoms with Crippen LogP contribution in [0.2, 0.25) is 0 Å². The largest absolute Gasteiger partial charge is 0.478 e.